The predicted octanol–water partition coefficient (Wildman–Crippen LogP) is 2.90. The Kier molecular flexibility index (Phi) is 9.90. The van der Waals surface area contributed by atoms with E-state index in [-0.39, 0.29) is 31.2 Å². The number of nitrogens with zero attached hydrogens (tertiary/aromatic N) is 2. The molecule has 3 heterocycles. The van der Waals surface area contributed by atoms with Gasteiger partial charge in [0.1, 0.15) is 17.7 Å². The Hall–Kier alpha value is -3.45. The zero-order chi connectivity index (χ0) is 34.2. The van der Waals surface area contributed by atoms with Gasteiger partial charge in [0.15, 0.2) is 0 Å². The topological polar surface area (TPSA) is 154 Å². The van der Waals surface area contributed by atoms with E-state index >= 15 is 0 Å². The molecule has 6 rings (SSSR count). The third-order valence-electron chi connectivity index (χ3n) is 10.6. The third-order valence-corrected chi connectivity index (χ3v) is 12.4. The van der Waals surface area contributed by atoms with Gasteiger partial charge in [-0.15, -0.1) is 6.58 Å². The van der Waals surface area contributed by atoms with E-state index in [0.717, 1.165) is 44.1 Å². The lowest BCUT2D eigenvalue weighted by Crippen LogP contribution is -2.58. The van der Waals surface area contributed by atoms with Gasteiger partial charge in [-0.3, -0.25) is 24.0 Å². The van der Waals surface area contributed by atoms with Crippen molar-refractivity contribution in [2.75, 3.05) is 13.1 Å². The van der Waals surface area contributed by atoms with Crippen molar-refractivity contribution in [3.8, 4) is 0 Å². The van der Waals surface area contributed by atoms with E-state index in [9.17, 15) is 27.6 Å². The van der Waals surface area contributed by atoms with Crippen LogP contribution in [0, 0.1) is 11.8 Å². The summed E-state index contributed by atoms with van der Waals surface area (Å²) in [5, 5.41) is 5.62. The van der Waals surface area contributed by atoms with E-state index in [0.29, 0.717) is 32.5 Å². The van der Waals surface area contributed by atoms with E-state index in [2.05, 4.69) is 28.0 Å². The summed E-state index contributed by atoms with van der Waals surface area (Å²) in [4.78, 5) is 58.2. The fourth-order valence-electron chi connectivity index (χ4n) is 7.48. The first-order chi connectivity index (χ1) is 22.9. The zero-order valence-corrected chi connectivity index (χ0v) is 28.9. The van der Waals surface area contributed by atoms with Crippen molar-refractivity contribution >= 4 is 33.8 Å². The van der Waals surface area contributed by atoms with Crippen molar-refractivity contribution in [2.45, 2.75) is 120 Å². The molecule has 1 saturated heterocycles. The first-order valence-corrected chi connectivity index (χ1v) is 19.1. The van der Waals surface area contributed by atoms with Gasteiger partial charge >= 0.3 is 6.09 Å². The van der Waals surface area contributed by atoms with E-state index in [1.165, 1.54) is 22.1 Å². The molecule has 12 nitrogen and oxygen atoms in total. The highest BCUT2D eigenvalue weighted by Crippen LogP contribution is 2.45. The lowest BCUT2D eigenvalue weighted by atomic mass is 9.98. The number of fused-ring (bicyclic) bond motifs is 3. The smallest absolute Gasteiger partial charge is 0.410 e. The number of nitrogens with one attached hydrogen (secondary N) is 3. The standard InChI is InChI=1S/C35H49N5O7S/c1-4-25-18-35(25,33(43)38-48(45,46)27-14-15-27)37-31(41)29-17-26-20-40(29)32(42)30(22(2)3)36-16-9-7-5-6-8-11-23-12-10-13-24-19-39(21-28(23)24)34(44)47-26/h4,10,12-13,22,25-27,29-30,36H,1,5-9,11,14-21H2,2-3H3,(H,37,41)(H,38,43)/t25-,26-,29+,30+,35-/m1/s1. The van der Waals surface area contributed by atoms with E-state index < -0.39 is 62.8 Å². The number of carbonyl (C=O) groups is 4. The van der Waals surface area contributed by atoms with Crippen LogP contribution >= 0.6 is 0 Å². The van der Waals surface area contributed by atoms with Gasteiger partial charge in [-0.05, 0) is 67.7 Å². The minimum atomic E-state index is -3.85. The molecular weight excluding hydrogens is 634 g/mol. The van der Waals surface area contributed by atoms with Crippen molar-refractivity contribution in [3.05, 3.63) is 47.5 Å². The molecule has 0 radical (unpaired) electrons. The van der Waals surface area contributed by atoms with Gasteiger partial charge in [-0.1, -0.05) is 57.4 Å². The van der Waals surface area contributed by atoms with Gasteiger partial charge in [0.05, 0.1) is 17.8 Å². The fourth-order valence-corrected chi connectivity index (χ4v) is 8.85. The zero-order valence-electron chi connectivity index (χ0n) is 28.0. The number of ether oxygens (including phenoxy) is 1. The van der Waals surface area contributed by atoms with Gasteiger partial charge in [0.2, 0.25) is 21.8 Å². The van der Waals surface area contributed by atoms with Crippen LogP contribution in [0.3, 0.4) is 0 Å². The molecule has 48 heavy (non-hydrogen) atoms. The van der Waals surface area contributed by atoms with Crippen LogP contribution in [0.2, 0.25) is 0 Å². The summed E-state index contributed by atoms with van der Waals surface area (Å²) in [7, 11) is -3.85. The number of benzene rings is 1. The molecule has 13 heteroatoms. The Balaban J connectivity index is 1.23. The number of hydrogen-bond acceptors (Lipinski definition) is 8. The monoisotopic (exact) mass is 683 g/mol. The van der Waals surface area contributed by atoms with Crippen LogP contribution in [0.4, 0.5) is 4.79 Å². The molecule has 2 saturated carbocycles. The largest absolute Gasteiger partial charge is 0.444 e. The maximum Gasteiger partial charge on any atom is 0.410 e. The number of rotatable bonds is 7. The molecule has 5 atom stereocenters. The number of sulfonamides is 1. The van der Waals surface area contributed by atoms with Gasteiger partial charge < -0.3 is 20.3 Å². The normalized spacial score (nSPS) is 29.8. The molecular formula is C35H49N5O7S. The van der Waals surface area contributed by atoms with Crippen molar-refractivity contribution < 1.29 is 32.3 Å². The Morgan fingerprint density at radius 2 is 1.81 bits per heavy atom. The molecule has 0 spiro atoms. The van der Waals surface area contributed by atoms with Crippen molar-refractivity contribution in [3.63, 3.8) is 0 Å². The van der Waals surface area contributed by atoms with Crippen LogP contribution in [-0.2, 0) is 48.7 Å². The summed E-state index contributed by atoms with van der Waals surface area (Å²) in [5.74, 6) is -2.20. The third kappa shape index (κ3) is 7.12. The lowest BCUT2D eigenvalue weighted by Gasteiger charge is -2.31. The van der Waals surface area contributed by atoms with Gasteiger partial charge in [0.25, 0.3) is 5.91 Å². The summed E-state index contributed by atoms with van der Waals surface area (Å²) < 4.78 is 33.4. The molecule has 2 aliphatic carbocycles. The minimum absolute atomic E-state index is 0.0275. The molecule has 0 aromatic heterocycles. The second kappa shape index (κ2) is 13.8. The summed E-state index contributed by atoms with van der Waals surface area (Å²) >= 11 is 0. The first-order valence-electron chi connectivity index (χ1n) is 17.5. The first kappa shape index (κ1) is 34.4. The molecule has 1 aromatic carbocycles. The fraction of sp³-hybridized carbons (Fsp3) is 0.657. The van der Waals surface area contributed by atoms with E-state index in [4.69, 9.17) is 4.74 Å². The Morgan fingerprint density at radius 1 is 1.08 bits per heavy atom. The van der Waals surface area contributed by atoms with Gasteiger partial charge in [-0.2, -0.15) is 0 Å². The molecule has 262 valence electrons. The second-order valence-electron chi connectivity index (χ2n) is 14.5. The molecule has 1 aromatic rings. The number of aryl methyl sites for hydroxylation is 1. The maximum atomic E-state index is 14.2. The van der Waals surface area contributed by atoms with Crippen molar-refractivity contribution in [2.24, 2.45) is 11.8 Å². The Labute approximate surface area is 283 Å². The molecule has 4 bridgehead atoms. The quantitative estimate of drug-likeness (QED) is 0.371. The molecule has 4 amide bonds. The van der Waals surface area contributed by atoms with Gasteiger partial charge in [0, 0.05) is 25.4 Å². The van der Waals surface area contributed by atoms with Crippen molar-refractivity contribution in [1.82, 2.24) is 25.2 Å². The summed E-state index contributed by atoms with van der Waals surface area (Å²) in [6, 6.07) is 4.64. The van der Waals surface area contributed by atoms with Crippen LogP contribution in [0.25, 0.3) is 0 Å². The molecule has 3 fully saturated rings. The van der Waals surface area contributed by atoms with Crippen molar-refractivity contribution in [1.29, 1.82) is 0 Å². The Bertz CT molecular complexity index is 1560. The molecule has 3 aliphatic heterocycles. The average Bonchev–Trinajstić information content (AvgIpc) is 3.93. The summed E-state index contributed by atoms with van der Waals surface area (Å²) in [5.41, 5.74) is 2.06. The van der Waals surface area contributed by atoms with Crippen LogP contribution in [0.5, 0.6) is 0 Å². The molecule has 5 aliphatic rings. The predicted molar refractivity (Wildman–Crippen MR) is 179 cm³/mol. The number of amides is 4. The van der Waals surface area contributed by atoms with Crippen LogP contribution in [0.1, 0.15) is 88.3 Å². The van der Waals surface area contributed by atoms with E-state index in [1.54, 1.807) is 4.90 Å². The average molecular weight is 684 g/mol. The highest BCUT2D eigenvalue weighted by atomic mass is 32.2. The number of carbonyl (C=O) groups excluding carboxylic acids is 4. The second-order valence-corrected chi connectivity index (χ2v) is 16.5. The van der Waals surface area contributed by atoms with Crippen LogP contribution in [0.15, 0.2) is 30.9 Å². The minimum Gasteiger partial charge on any atom is -0.444 e. The SMILES string of the molecule is C=C[C@@H]1C[C@]1(NC(=O)[C@@H]1C[C@@H]2CN1C(=O)[C@H](C(C)C)NCCCCCCCc1cccc3c1CN(C3)C(=O)O2)C(=O)NS(=O)(=O)C1CC1. The molecule has 3 N–H and O–H groups in total. The van der Waals surface area contributed by atoms with Crippen LogP contribution in [-0.4, -0.2) is 84.1 Å². The lowest BCUT2D eigenvalue weighted by molar-refractivity contribution is -0.142. The number of hydrogen-bond donors (Lipinski definition) is 3. The van der Waals surface area contributed by atoms with Gasteiger partial charge in [-0.25, -0.2) is 13.2 Å². The Morgan fingerprint density at radius 3 is 2.52 bits per heavy atom. The van der Waals surface area contributed by atoms with E-state index in [1.807, 2.05) is 26.0 Å². The molecule has 0 unspecified atom stereocenters. The highest BCUT2D eigenvalue weighted by Gasteiger charge is 2.62. The summed E-state index contributed by atoms with van der Waals surface area (Å²) in [6.07, 6.45) is 7.70. The highest BCUT2D eigenvalue weighted by molar-refractivity contribution is 7.91. The summed E-state index contributed by atoms with van der Waals surface area (Å²) in [6.45, 7) is 9.24. The maximum absolute atomic E-state index is 14.2. The van der Waals surface area contributed by atoms with Crippen LogP contribution < -0.4 is 15.4 Å².